The van der Waals surface area contributed by atoms with Gasteiger partial charge in [-0.2, -0.15) is 0 Å². The SMILES string of the molecule is CCc1ccc(NC(=O)c2cncc(C(=O)NCc3ccccc3F)c2)cc1. The molecular weight excluding hydrogens is 357 g/mol. The Labute approximate surface area is 162 Å². The number of carbonyl (C=O) groups excluding carboxylic acids is 2. The van der Waals surface area contributed by atoms with E-state index in [9.17, 15) is 14.0 Å². The van der Waals surface area contributed by atoms with Crippen LogP contribution in [0.1, 0.15) is 38.8 Å². The molecule has 5 nitrogen and oxygen atoms in total. The number of amides is 2. The molecule has 0 aliphatic heterocycles. The third-order valence-corrected chi connectivity index (χ3v) is 4.28. The maximum absolute atomic E-state index is 13.7. The number of pyridine rings is 1. The monoisotopic (exact) mass is 377 g/mol. The number of benzene rings is 2. The number of halogens is 1. The molecule has 0 bridgehead atoms. The molecule has 0 atom stereocenters. The lowest BCUT2D eigenvalue weighted by Gasteiger charge is -2.08. The summed E-state index contributed by atoms with van der Waals surface area (Å²) in [5, 5.41) is 5.41. The molecule has 0 spiro atoms. The van der Waals surface area contributed by atoms with Crippen LogP contribution in [0.15, 0.2) is 67.0 Å². The molecule has 1 heterocycles. The molecule has 3 rings (SSSR count). The molecule has 0 aliphatic rings. The van der Waals surface area contributed by atoms with Crippen LogP contribution in [0.4, 0.5) is 10.1 Å². The summed E-state index contributed by atoms with van der Waals surface area (Å²) in [6.45, 7) is 2.10. The van der Waals surface area contributed by atoms with E-state index in [1.54, 1.807) is 18.2 Å². The van der Waals surface area contributed by atoms with Crippen LogP contribution in [0.25, 0.3) is 0 Å². The number of aryl methyl sites for hydroxylation is 1. The number of aromatic nitrogens is 1. The minimum atomic E-state index is -0.433. The quantitative estimate of drug-likeness (QED) is 0.683. The fraction of sp³-hybridized carbons (Fsp3) is 0.136. The van der Waals surface area contributed by atoms with Crippen molar-refractivity contribution in [1.82, 2.24) is 10.3 Å². The summed E-state index contributed by atoms with van der Waals surface area (Å²) < 4.78 is 13.7. The molecule has 0 unspecified atom stereocenters. The second-order valence-corrected chi connectivity index (χ2v) is 6.24. The van der Waals surface area contributed by atoms with E-state index in [1.165, 1.54) is 30.1 Å². The zero-order valence-corrected chi connectivity index (χ0v) is 15.4. The molecule has 142 valence electrons. The minimum absolute atomic E-state index is 0.0473. The second kappa shape index (κ2) is 8.90. The number of hydrogen-bond acceptors (Lipinski definition) is 3. The van der Waals surface area contributed by atoms with Crippen molar-refractivity contribution in [3.63, 3.8) is 0 Å². The smallest absolute Gasteiger partial charge is 0.257 e. The standard InChI is InChI=1S/C22H20FN3O2/c1-2-15-7-9-19(10-8-15)26-22(28)18-11-17(12-24-13-18)21(27)25-14-16-5-3-4-6-20(16)23/h3-13H,2,14H2,1H3,(H,25,27)(H,26,28). The first-order valence-corrected chi connectivity index (χ1v) is 8.93. The molecule has 0 radical (unpaired) electrons. The lowest BCUT2D eigenvalue weighted by atomic mass is 10.1. The van der Waals surface area contributed by atoms with Crippen molar-refractivity contribution >= 4 is 17.5 Å². The zero-order valence-electron chi connectivity index (χ0n) is 15.4. The normalized spacial score (nSPS) is 10.4. The number of anilines is 1. The van der Waals surface area contributed by atoms with Crippen molar-refractivity contribution in [3.05, 3.63) is 95.1 Å². The number of carbonyl (C=O) groups is 2. The first kappa shape index (κ1) is 19.2. The van der Waals surface area contributed by atoms with Crippen LogP contribution in [0.3, 0.4) is 0 Å². The first-order valence-electron chi connectivity index (χ1n) is 8.93. The third-order valence-electron chi connectivity index (χ3n) is 4.28. The summed E-state index contributed by atoms with van der Waals surface area (Å²) in [6.07, 6.45) is 3.68. The molecule has 6 heteroatoms. The average Bonchev–Trinajstić information content (AvgIpc) is 2.73. The van der Waals surface area contributed by atoms with Gasteiger partial charge in [0.1, 0.15) is 5.82 Å². The largest absolute Gasteiger partial charge is 0.348 e. The van der Waals surface area contributed by atoms with E-state index in [4.69, 9.17) is 0 Å². The van der Waals surface area contributed by atoms with Gasteiger partial charge in [-0.1, -0.05) is 37.3 Å². The van der Waals surface area contributed by atoms with Crippen LogP contribution in [0.2, 0.25) is 0 Å². The Kier molecular flexibility index (Phi) is 6.11. The van der Waals surface area contributed by atoms with E-state index in [0.29, 0.717) is 11.3 Å². The second-order valence-electron chi connectivity index (χ2n) is 6.24. The third kappa shape index (κ3) is 4.79. The Morgan fingerprint density at radius 1 is 0.964 bits per heavy atom. The average molecular weight is 377 g/mol. The molecule has 2 N–H and O–H groups in total. The van der Waals surface area contributed by atoms with Gasteiger partial charge in [0.05, 0.1) is 11.1 Å². The molecular formula is C22H20FN3O2. The van der Waals surface area contributed by atoms with Gasteiger partial charge in [-0.05, 0) is 36.2 Å². The Morgan fingerprint density at radius 3 is 2.32 bits per heavy atom. The lowest BCUT2D eigenvalue weighted by Crippen LogP contribution is -2.24. The Hall–Kier alpha value is -3.54. The van der Waals surface area contributed by atoms with Crippen molar-refractivity contribution in [2.45, 2.75) is 19.9 Å². The van der Waals surface area contributed by atoms with E-state index < -0.39 is 5.91 Å². The van der Waals surface area contributed by atoms with E-state index in [-0.39, 0.29) is 29.4 Å². The van der Waals surface area contributed by atoms with Crippen LogP contribution in [-0.4, -0.2) is 16.8 Å². The van der Waals surface area contributed by atoms with Crippen molar-refractivity contribution < 1.29 is 14.0 Å². The summed E-state index contributed by atoms with van der Waals surface area (Å²) in [5.74, 6) is -1.18. The van der Waals surface area contributed by atoms with Crippen LogP contribution in [-0.2, 0) is 13.0 Å². The Morgan fingerprint density at radius 2 is 1.64 bits per heavy atom. The van der Waals surface area contributed by atoms with Crippen LogP contribution in [0, 0.1) is 5.82 Å². The molecule has 2 amide bonds. The molecule has 2 aromatic carbocycles. The van der Waals surface area contributed by atoms with Crippen molar-refractivity contribution in [3.8, 4) is 0 Å². The first-order chi connectivity index (χ1) is 13.6. The van der Waals surface area contributed by atoms with Crippen molar-refractivity contribution in [2.24, 2.45) is 0 Å². The minimum Gasteiger partial charge on any atom is -0.348 e. The summed E-state index contributed by atoms with van der Waals surface area (Å²) >= 11 is 0. The molecule has 0 fully saturated rings. The number of hydrogen-bond donors (Lipinski definition) is 2. The Balaban J connectivity index is 1.66. The Bertz CT molecular complexity index is 987. The molecule has 0 aliphatic carbocycles. The fourth-order valence-electron chi connectivity index (χ4n) is 2.63. The number of nitrogens with zero attached hydrogens (tertiary/aromatic N) is 1. The van der Waals surface area contributed by atoms with Gasteiger partial charge < -0.3 is 10.6 Å². The lowest BCUT2D eigenvalue weighted by molar-refractivity contribution is 0.0950. The number of nitrogens with one attached hydrogen (secondary N) is 2. The fourth-order valence-corrected chi connectivity index (χ4v) is 2.63. The van der Waals surface area contributed by atoms with Gasteiger partial charge in [0.25, 0.3) is 11.8 Å². The summed E-state index contributed by atoms with van der Waals surface area (Å²) in [5.41, 5.74) is 2.71. The van der Waals surface area contributed by atoms with Crippen molar-refractivity contribution in [1.29, 1.82) is 0 Å². The van der Waals surface area contributed by atoms with Gasteiger partial charge in [-0.15, -0.1) is 0 Å². The van der Waals surface area contributed by atoms with Crippen molar-refractivity contribution in [2.75, 3.05) is 5.32 Å². The molecule has 28 heavy (non-hydrogen) atoms. The van der Waals surface area contributed by atoms with Gasteiger partial charge >= 0.3 is 0 Å². The van der Waals surface area contributed by atoms with Gasteiger partial charge in [-0.25, -0.2) is 4.39 Å². The highest BCUT2D eigenvalue weighted by Crippen LogP contribution is 2.13. The van der Waals surface area contributed by atoms with Gasteiger partial charge in [0.2, 0.25) is 0 Å². The van der Waals surface area contributed by atoms with E-state index in [2.05, 4.69) is 22.5 Å². The highest BCUT2D eigenvalue weighted by atomic mass is 19.1. The van der Waals surface area contributed by atoms with Crippen LogP contribution < -0.4 is 10.6 Å². The van der Waals surface area contributed by atoms with E-state index in [1.807, 2.05) is 24.3 Å². The van der Waals surface area contributed by atoms with E-state index >= 15 is 0 Å². The van der Waals surface area contributed by atoms with Gasteiger partial charge in [-0.3, -0.25) is 14.6 Å². The van der Waals surface area contributed by atoms with E-state index in [0.717, 1.165) is 6.42 Å². The topological polar surface area (TPSA) is 71.1 Å². The predicted molar refractivity (Wildman–Crippen MR) is 106 cm³/mol. The molecule has 3 aromatic rings. The highest BCUT2D eigenvalue weighted by molar-refractivity contribution is 6.05. The summed E-state index contributed by atoms with van der Waals surface area (Å²) in [7, 11) is 0. The molecule has 1 aromatic heterocycles. The summed E-state index contributed by atoms with van der Waals surface area (Å²) in [6, 6.07) is 15.2. The molecule has 0 saturated heterocycles. The maximum atomic E-state index is 13.7. The van der Waals surface area contributed by atoms with Gasteiger partial charge in [0, 0.05) is 30.2 Å². The predicted octanol–water partition coefficient (Wildman–Crippen LogP) is 3.97. The summed E-state index contributed by atoms with van der Waals surface area (Å²) in [4.78, 5) is 28.7. The van der Waals surface area contributed by atoms with Crippen LogP contribution in [0.5, 0.6) is 0 Å². The maximum Gasteiger partial charge on any atom is 0.257 e. The number of rotatable bonds is 6. The zero-order chi connectivity index (χ0) is 19.9. The highest BCUT2D eigenvalue weighted by Gasteiger charge is 2.12. The molecule has 0 saturated carbocycles. The van der Waals surface area contributed by atoms with Gasteiger partial charge in [0.15, 0.2) is 0 Å². The van der Waals surface area contributed by atoms with Crippen LogP contribution >= 0.6 is 0 Å².